The quantitative estimate of drug-likeness (QED) is 0.815. The van der Waals surface area contributed by atoms with Gasteiger partial charge in [0.15, 0.2) is 5.78 Å². The second-order valence-electron chi connectivity index (χ2n) is 7.82. The Labute approximate surface area is 159 Å². The maximum absolute atomic E-state index is 12.6. The van der Waals surface area contributed by atoms with Crippen molar-refractivity contribution in [2.45, 2.75) is 56.7 Å². The molecule has 0 aromatic heterocycles. The first kappa shape index (κ1) is 18.3. The molecule has 1 amide bonds. The van der Waals surface area contributed by atoms with Crippen LogP contribution in [0.25, 0.3) is 0 Å². The SMILES string of the molecule is COc1ccc2c(c1)OC1(CCN(C(=O)CC3CCCCO3)CC1)CC2=O. The van der Waals surface area contributed by atoms with Gasteiger partial charge in [-0.3, -0.25) is 9.59 Å². The molecule has 3 heterocycles. The number of nitrogens with zero attached hydrogens (tertiary/aromatic N) is 1. The summed E-state index contributed by atoms with van der Waals surface area (Å²) in [6.45, 7) is 2.01. The van der Waals surface area contributed by atoms with Gasteiger partial charge in [0.05, 0.1) is 31.6 Å². The molecular weight excluding hydrogens is 346 g/mol. The summed E-state index contributed by atoms with van der Waals surface area (Å²) in [5, 5.41) is 0. The number of ketones is 1. The van der Waals surface area contributed by atoms with Gasteiger partial charge in [0.25, 0.3) is 0 Å². The number of rotatable bonds is 3. The smallest absolute Gasteiger partial charge is 0.225 e. The number of ether oxygens (including phenoxy) is 3. The van der Waals surface area contributed by atoms with Gasteiger partial charge < -0.3 is 19.1 Å². The average molecular weight is 373 g/mol. The predicted molar refractivity (Wildman–Crippen MR) is 99.3 cm³/mol. The van der Waals surface area contributed by atoms with Crippen LogP contribution in [-0.4, -0.2) is 55.1 Å². The molecule has 4 rings (SSSR count). The van der Waals surface area contributed by atoms with Gasteiger partial charge in [-0.15, -0.1) is 0 Å². The number of fused-ring (bicyclic) bond motifs is 1. The van der Waals surface area contributed by atoms with E-state index in [9.17, 15) is 9.59 Å². The van der Waals surface area contributed by atoms with E-state index in [2.05, 4.69) is 0 Å². The molecule has 0 aliphatic carbocycles. The van der Waals surface area contributed by atoms with Crippen LogP contribution in [0, 0.1) is 0 Å². The Morgan fingerprint density at radius 2 is 2.11 bits per heavy atom. The minimum atomic E-state index is -0.505. The van der Waals surface area contributed by atoms with Crippen molar-refractivity contribution in [1.29, 1.82) is 0 Å². The summed E-state index contributed by atoms with van der Waals surface area (Å²) in [6, 6.07) is 5.34. The second kappa shape index (κ2) is 7.50. The molecule has 6 nitrogen and oxygen atoms in total. The van der Waals surface area contributed by atoms with Crippen molar-refractivity contribution in [1.82, 2.24) is 4.90 Å². The van der Waals surface area contributed by atoms with E-state index in [0.717, 1.165) is 25.9 Å². The minimum absolute atomic E-state index is 0.0639. The lowest BCUT2D eigenvalue weighted by Crippen LogP contribution is -2.52. The van der Waals surface area contributed by atoms with E-state index in [1.54, 1.807) is 25.3 Å². The Balaban J connectivity index is 1.39. The molecule has 2 fully saturated rings. The van der Waals surface area contributed by atoms with Crippen LogP contribution in [-0.2, 0) is 9.53 Å². The number of hydrogen-bond acceptors (Lipinski definition) is 5. The van der Waals surface area contributed by atoms with Crippen molar-refractivity contribution in [2.24, 2.45) is 0 Å². The van der Waals surface area contributed by atoms with Crippen LogP contribution in [0.5, 0.6) is 11.5 Å². The first-order valence-electron chi connectivity index (χ1n) is 9.88. The van der Waals surface area contributed by atoms with Gasteiger partial charge in [0, 0.05) is 38.6 Å². The molecule has 0 bridgehead atoms. The van der Waals surface area contributed by atoms with Crippen molar-refractivity contribution < 1.29 is 23.8 Å². The average Bonchev–Trinajstić information content (AvgIpc) is 2.68. The van der Waals surface area contributed by atoms with E-state index in [4.69, 9.17) is 14.2 Å². The molecule has 1 aromatic carbocycles. The van der Waals surface area contributed by atoms with Crippen LogP contribution >= 0.6 is 0 Å². The highest BCUT2D eigenvalue weighted by molar-refractivity contribution is 6.00. The Morgan fingerprint density at radius 3 is 2.81 bits per heavy atom. The van der Waals surface area contributed by atoms with E-state index in [-0.39, 0.29) is 17.8 Å². The second-order valence-corrected chi connectivity index (χ2v) is 7.82. The normalized spacial score (nSPS) is 24.3. The van der Waals surface area contributed by atoms with Gasteiger partial charge in [0.2, 0.25) is 5.91 Å². The number of carbonyl (C=O) groups is 2. The lowest BCUT2D eigenvalue weighted by Gasteiger charge is -2.44. The Kier molecular flexibility index (Phi) is 5.08. The van der Waals surface area contributed by atoms with Gasteiger partial charge in [-0.1, -0.05) is 0 Å². The molecule has 0 saturated carbocycles. The maximum Gasteiger partial charge on any atom is 0.225 e. The fraction of sp³-hybridized carbons (Fsp3) is 0.619. The number of likely N-dealkylation sites (tertiary alicyclic amines) is 1. The van der Waals surface area contributed by atoms with Crippen molar-refractivity contribution >= 4 is 11.7 Å². The standard InChI is InChI=1S/C21H27NO5/c1-25-15-5-6-17-18(23)14-21(27-19(17)12-15)7-9-22(10-8-21)20(24)13-16-4-2-3-11-26-16/h5-6,12,16H,2-4,7-11,13-14H2,1H3. The largest absolute Gasteiger partial charge is 0.497 e. The van der Waals surface area contributed by atoms with Crippen LogP contribution in [0.1, 0.15) is 55.3 Å². The lowest BCUT2D eigenvalue weighted by atomic mass is 9.82. The summed E-state index contributed by atoms with van der Waals surface area (Å²) < 4.78 is 17.2. The molecular formula is C21H27NO5. The van der Waals surface area contributed by atoms with Crippen LogP contribution in [0.4, 0.5) is 0 Å². The van der Waals surface area contributed by atoms with Gasteiger partial charge in [-0.2, -0.15) is 0 Å². The first-order chi connectivity index (χ1) is 13.1. The van der Waals surface area contributed by atoms with E-state index >= 15 is 0 Å². The number of piperidine rings is 1. The Morgan fingerprint density at radius 1 is 1.30 bits per heavy atom. The van der Waals surface area contributed by atoms with Crippen LogP contribution in [0.2, 0.25) is 0 Å². The fourth-order valence-electron chi connectivity index (χ4n) is 4.34. The monoisotopic (exact) mass is 373 g/mol. The third-order valence-electron chi connectivity index (χ3n) is 6.00. The molecule has 1 unspecified atom stereocenters. The molecule has 1 spiro atoms. The Bertz CT molecular complexity index is 717. The summed E-state index contributed by atoms with van der Waals surface area (Å²) >= 11 is 0. The first-order valence-corrected chi connectivity index (χ1v) is 9.88. The van der Waals surface area contributed by atoms with E-state index in [1.165, 1.54) is 0 Å². The molecule has 146 valence electrons. The third-order valence-corrected chi connectivity index (χ3v) is 6.00. The molecule has 1 aromatic rings. The molecule has 3 aliphatic rings. The summed E-state index contributed by atoms with van der Waals surface area (Å²) in [6.07, 6.45) is 5.45. The van der Waals surface area contributed by atoms with Gasteiger partial charge in [-0.05, 0) is 31.4 Å². The zero-order valence-electron chi connectivity index (χ0n) is 15.9. The lowest BCUT2D eigenvalue weighted by molar-refractivity contribution is -0.138. The highest BCUT2D eigenvalue weighted by atomic mass is 16.5. The van der Waals surface area contributed by atoms with Crippen LogP contribution in [0.15, 0.2) is 18.2 Å². The Hall–Kier alpha value is -2.08. The number of carbonyl (C=O) groups excluding carboxylic acids is 2. The van der Waals surface area contributed by atoms with Gasteiger partial charge in [-0.25, -0.2) is 0 Å². The van der Waals surface area contributed by atoms with E-state index in [0.29, 0.717) is 55.8 Å². The molecule has 3 aliphatic heterocycles. The summed E-state index contributed by atoms with van der Waals surface area (Å²) in [5.74, 6) is 1.54. The van der Waals surface area contributed by atoms with E-state index in [1.807, 2.05) is 4.90 Å². The van der Waals surface area contributed by atoms with Gasteiger partial charge in [0.1, 0.15) is 17.1 Å². The predicted octanol–water partition coefficient (Wildman–Crippen LogP) is 2.98. The molecule has 1 atom stereocenters. The zero-order valence-corrected chi connectivity index (χ0v) is 15.9. The summed E-state index contributed by atoms with van der Waals surface area (Å²) in [4.78, 5) is 27.1. The van der Waals surface area contributed by atoms with Crippen molar-refractivity contribution in [3.8, 4) is 11.5 Å². The molecule has 0 radical (unpaired) electrons. The molecule has 27 heavy (non-hydrogen) atoms. The van der Waals surface area contributed by atoms with Crippen LogP contribution in [0.3, 0.4) is 0 Å². The fourth-order valence-corrected chi connectivity index (χ4v) is 4.34. The van der Waals surface area contributed by atoms with Crippen molar-refractivity contribution in [2.75, 3.05) is 26.8 Å². The van der Waals surface area contributed by atoms with E-state index < -0.39 is 5.60 Å². The number of methoxy groups -OCH3 is 1. The molecule has 0 N–H and O–H groups in total. The number of hydrogen-bond donors (Lipinski definition) is 0. The molecule has 2 saturated heterocycles. The van der Waals surface area contributed by atoms with Crippen molar-refractivity contribution in [3.63, 3.8) is 0 Å². The topological polar surface area (TPSA) is 65.1 Å². The highest BCUT2D eigenvalue weighted by Crippen LogP contribution is 2.40. The highest BCUT2D eigenvalue weighted by Gasteiger charge is 2.43. The van der Waals surface area contributed by atoms with Crippen LogP contribution < -0.4 is 9.47 Å². The number of amides is 1. The zero-order chi connectivity index (χ0) is 18.9. The van der Waals surface area contributed by atoms with Gasteiger partial charge >= 0.3 is 0 Å². The summed E-state index contributed by atoms with van der Waals surface area (Å²) in [5.41, 5.74) is 0.114. The minimum Gasteiger partial charge on any atom is -0.497 e. The number of benzene rings is 1. The third kappa shape index (κ3) is 3.81. The van der Waals surface area contributed by atoms with Crippen molar-refractivity contribution in [3.05, 3.63) is 23.8 Å². The summed E-state index contributed by atoms with van der Waals surface area (Å²) in [7, 11) is 1.60. The number of Topliss-reactive ketones (excluding diaryl/α,β-unsaturated/α-hetero) is 1. The molecule has 6 heteroatoms. The maximum atomic E-state index is 12.6.